The zero-order valence-electron chi connectivity index (χ0n) is 17.0. The van der Waals surface area contributed by atoms with Crippen molar-refractivity contribution in [2.24, 2.45) is 0 Å². The maximum atomic E-state index is 2.38. The molecule has 1 aromatic heterocycles. The molecule has 0 radical (unpaired) electrons. The Kier molecular flexibility index (Phi) is 4.86. The molecule has 2 aromatic carbocycles. The molecule has 0 N–H and O–H groups in total. The van der Waals surface area contributed by atoms with E-state index < -0.39 is 0 Å². The first-order valence-corrected chi connectivity index (χ1v) is 9.17. The fourth-order valence-corrected chi connectivity index (χ4v) is 3.90. The highest BCUT2D eigenvalue weighted by Gasteiger charge is 2.21. The van der Waals surface area contributed by atoms with Crippen LogP contribution in [0.3, 0.4) is 0 Å². The topological polar surface area (TPSA) is 7.12 Å². The lowest BCUT2D eigenvalue weighted by molar-refractivity contribution is -0.610. The summed E-state index contributed by atoms with van der Waals surface area (Å²) in [7, 11) is 4.14. The van der Waals surface area contributed by atoms with Gasteiger partial charge in [0.1, 0.15) is 0 Å². The fourth-order valence-electron chi connectivity index (χ4n) is 3.90. The first kappa shape index (κ1) is 18.2. The third kappa shape index (κ3) is 3.37. The van der Waals surface area contributed by atoms with E-state index in [9.17, 15) is 0 Å². The second-order valence-corrected chi connectivity index (χ2v) is 7.55. The zero-order chi connectivity index (χ0) is 19.0. The van der Waals surface area contributed by atoms with E-state index in [1.807, 2.05) is 0 Å². The second kappa shape index (κ2) is 6.95. The Balaban J connectivity index is 2.10. The molecule has 0 bridgehead atoms. The standard InChI is InChI=1S/C24H29N2/c1-16-12-17(2)24(18(3)13-16)26-19(4)14-22(15-20(26)5)21-8-10-23(11-9-21)25(6)7/h8-15H,1-7H3/q+1. The Hall–Kier alpha value is -2.61. The molecule has 0 aliphatic heterocycles. The fraction of sp³-hybridized carbons (Fsp3) is 0.292. The summed E-state index contributed by atoms with van der Waals surface area (Å²) in [6, 6.07) is 17.9. The van der Waals surface area contributed by atoms with Gasteiger partial charge in [0, 0.05) is 56.9 Å². The van der Waals surface area contributed by atoms with E-state index in [-0.39, 0.29) is 0 Å². The normalized spacial score (nSPS) is 10.9. The van der Waals surface area contributed by atoms with Crippen molar-refractivity contribution < 1.29 is 4.57 Å². The summed E-state index contributed by atoms with van der Waals surface area (Å²) in [6.45, 7) is 11.0. The molecular formula is C24H29N2+. The predicted octanol–water partition coefficient (Wildman–Crippen LogP) is 5.24. The maximum absolute atomic E-state index is 2.38. The Morgan fingerprint density at radius 2 is 1.15 bits per heavy atom. The van der Waals surface area contributed by atoms with Crippen molar-refractivity contribution in [3.63, 3.8) is 0 Å². The van der Waals surface area contributed by atoms with E-state index in [2.05, 4.69) is 107 Å². The molecule has 3 rings (SSSR count). The summed E-state index contributed by atoms with van der Waals surface area (Å²) in [5, 5.41) is 0. The van der Waals surface area contributed by atoms with Crippen molar-refractivity contribution >= 4 is 5.69 Å². The first-order valence-electron chi connectivity index (χ1n) is 9.17. The van der Waals surface area contributed by atoms with Gasteiger partial charge in [0.15, 0.2) is 11.4 Å². The largest absolute Gasteiger partial charge is 0.378 e. The number of aryl methyl sites for hydroxylation is 5. The van der Waals surface area contributed by atoms with E-state index in [0.29, 0.717) is 0 Å². The quantitative estimate of drug-likeness (QED) is 0.589. The van der Waals surface area contributed by atoms with Crippen LogP contribution in [-0.4, -0.2) is 14.1 Å². The van der Waals surface area contributed by atoms with Gasteiger partial charge in [-0.15, -0.1) is 0 Å². The lowest BCUT2D eigenvalue weighted by atomic mass is 10.0. The van der Waals surface area contributed by atoms with E-state index in [1.165, 1.54) is 50.6 Å². The van der Waals surface area contributed by atoms with Gasteiger partial charge in [-0.3, -0.25) is 0 Å². The highest BCUT2D eigenvalue weighted by molar-refractivity contribution is 5.66. The van der Waals surface area contributed by atoms with E-state index in [1.54, 1.807) is 0 Å². The Labute approximate surface area is 157 Å². The molecule has 0 atom stereocenters. The van der Waals surface area contributed by atoms with Crippen LogP contribution in [0, 0.1) is 34.6 Å². The monoisotopic (exact) mass is 345 g/mol. The summed E-state index contributed by atoms with van der Waals surface area (Å²) in [5.41, 5.74) is 11.5. The average Bonchev–Trinajstić information content (AvgIpc) is 2.56. The Morgan fingerprint density at radius 1 is 0.654 bits per heavy atom. The molecule has 0 unspecified atom stereocenters. The van der Waals surface area contributed by atoms with Crippen LogP contribution >= 0.6 is 0 Å². The zero-order valence-corrected chi connectivity index (χ0v) is 17.0. The lowest BCUT2D eigenvalue weighted by Gasteiger charge is -2.14. The summed E-state index contributed by atoms with van der Waals surface area (Å²) < 4.78 is 2.38. The van der Waals surface area contributed by atoms with Crippen molar-refractivity contribution in [2.45, 2.75) is 34.6 Å². The van der Waals surface area contributed by atoms with Crippen molar-refractivity contribution in [3.05, 3.63) is 76.6 Å². The number of hydrogen-bond acceptors (Lipinski definition) is 1. The number of hydrogen-bond donors (Lipinski definition) is 0. The van der Waals surface area contributed by atoms with Gasteiger partial charge in [-0.25, -0.2) is 0 Å². The molecule has 2 nitrogen and oxygen atoms in total. The molecular weight excluding hydrogens is 316 g/mol. The smallest absolute Gasteiger partial charge is 0.216 e. The number of benzene rings is 2. The lowest BCUT2D eigenvalue weighted by Crippen LogP contribution is -2.39. The first-order chi connectivity index (χ1) is 12.3. The van der Waals surface area contributed by atoms with Crippen LogP contribution in [0.25, 0.3) is 16.8 Å². The summed E-state index contributed by atoms with van der Waals surface area (Å²) >= 11 is 0. The van der Waals surface area contributed by atoms with Crippen LogP contribution in [0.5, 0.6) is 0 Å². The third-order valence-corrected chi connectivity index (χ3v) is 5.01. The highest BCUT2D eigenvalue weighted by Crippen LogP contribution is 2.25. The van der Waals surface area contributed by atoms with E-state index in [0.717, 1.165) is 0 Å². The molecule has 0 amide bonds. The molecule has 134 valence electrons. The van der Waals surface area contributed by atoms with Crippen molar-refractivity contribution in [1.29, 1.82) is 0 Å². The predicted molar refractivity (Wildman–Crippen MR) is 111 cm³/mol. The number of rotatable bonds is 3. The van der Waals surface area contributed by atoms with Gasteiger partial charge in [0.05, 0.1) is 0 Å². The number of anilines is 1. The molecule has 0 aliphatic rings. The Bertz CT molecular complexity index is 904. The SMILES string of the molecule is Cc1cc(C)c(-[n+]2c(C)cc(-c3ccc(N(C)C)cc3)cc2C)c(C)c1. The van der Waals surface area contributed by atoms with Crippen LogP contribution < -0.4 is 9.47 Å². The van der Waals surface area contributed by atoms with Gasteiger partial charge >= 0.3 is 0 Å². The van der Waals surface area contributed by atoms with Crippen LogP contribution in [0.1, 0.15) is 28.1 Å². The van der Waals surface area contributed by atoms with E-state index in [4.69, 9.17) is 0 Å². The highest BCUT2D eigenvalue weighted by atomic mass is 15.1. The number of aromatic nitrogens is 1. The Morgan fingerprint density at radius 3 is 1.62 bits per heavy atom. The molecule has 0 fully saturated rings. The molecule has 0 spiro atoms. The van der Waals surface area contributed by atoms with Crippen LogP contribution in [-0.2, 0) is 0 Å². The molecule has 1 heterocycles. The number of pyridine rings is 1. The van der Waals surface area contributed by atoms with Crippen molar-refractivity contribution in [2.75, 3.05) is 19.0 Å². The molecule has 26 heavy (non-hydrogen) atoms. The van der Waals surface area contributed by atoms with Crippen LogP contribution in [0.2, 0.25) is 0 Å². The summed E-state index contributed by atoms with van der Waals surface area (Å²) in [4.78, 5) is 2.13. The molecule has 3 aromatic rings. The van der Waals surface area contributed by atoms with Crippen molar-refractivity contribution in [3.8, 4) is 16.8 Å². The second-order valence-electron chi connectivity index (χ2n) is 7.55. The minimum Gasteiger partial charge on any atom is -0.378 e. The third-order valence-electron chi connectivity index (χ3n) is 5.01. The molecule has 2 heteroatoms. The number of nitrogens with zero attached hydrogens (tertiary/aromatic N) is 2. The van der Waals surface area contributed by atoms with Crippen LogP contribution in [0.15, 0.2) is 48.5 Å². The van der Waals surface area contributed by atoms with Gasteiger partial charge in [-0.05, 0) is 56.2 Å². The molecule has 0 saturated heterocycles. The molecule has 0 aliphatic carbocycles. The maximum Gasteiger partial charge on any atom is 0.216 e. The minimum atomic E-state index is 1.22. The van der Waals surface area contributed by atoms with Crippen molar-refractivity contribution in [1.82, 2.24) is 0 Å². The van der Waals surface area contributed by atoms with Gasteiger partial charge < -0.3 is 4.90 Å². The van der Waals surface area contributed by atoms with E-state index >= 15 is 0 Å². The van der Waals surface area contributed by atoms with Gasteiger partial charge in [-0.1, -0.05) is 17.7 Å². The van der Waals surface area contributed by atoms with Gasteiger partial charge in [-0.2, -0.15) is 4.57 Å². The van der Waals surface area contributed by atoms with Crippen LogP contribution in [0.4, 0.5) is 5.69 Å². The molecule has 0 saturated carbocycles. The summed E-state index contributed by atoms with van der Waals surface area (Å²) in [5.74, 6) is 0. The summed E-state index contributed by atoms with van der Waals surface area (Å²) in [6.07, 6.45) is 0. The average molecular weight is 346 g/mol. The van der Waals surface area contributed by atoms with Gasteiger partial charge in [0.2, 0.25) is 5.69 Å². The van der Waals surface area contributed by atoms with Gasteiger partial charge in [0.25, 0.3) is 0 Å². The minimum absolute atomic E-state index is 1.22.